The molecule has 0 aromatic heterocycles. The molecule has 0 aliphatic rings. The van der Waals surface area contributed by atoms with Crippen molar-refractivity contribution in [1.82, 2.24) is 0 Å². The largest absolute Gasteiger partial charge is 0.497 e. The topological polar surface area (TPSA) is 90.7 Å². The minimum absolute atomic E-state index is 0.0962. The van der Waals surface area contributed by atoms with Gasteiger partial charge in [0.25, 0.3) is 0 Å². The molecule has 0 fully saturated rings. The van der Waals surface area contributed by atoms with Crippen molar-refractivity contribution >= 4 is 17.3 Å². The highest BCUT2D eigenvalue weighted by atomic mass is 19.1. The second-order valence-electron chi connectivity index (χ2n) is 5.48. The van der Waals surface area contributed by atoms with Crippen molar-refractivity contribution in [3.05, 3.63) is 52.3 Å². The molecule has 0 aliphatic heterocycles. The minimum Gasteiger partial charge on any atom is -0.497 e. The summed E-state index contributed by atoms with van der Waals surface area (Å²) in [6.45, 7) is 3.53. The number of nitro groups is 1. The SMILES string of the molecule is COc1cc(F)c([N+](=O)[O-])c(Oc2ccc(NC(=O)C(C)C)cc2)c1. The number of methoxy groups -OCH3 is 1. The molecule has 2 aromatic rings. The van der Waals surface area contributed by atoms with Crippen LogP contribution >= 0.6 is 0 Å². The average molecular weight is 348 g/mol. The molecule has 0 saturated heterocycles. The Morgan fingerprint density at radius 1 is 1.20 bits per heavy atom. The van der Waals surface area contributed by atoms with Gasteiger partial charge in [0.1, 0.15) is 11.5 Å². The van der Waals surface area contributed by atoms with E-state index in [0.29, 0.717) is 5.69 Å². The number of anilines is 1. The van der Waals surface area contributed by atoms with E-state index in [0.717, 1.165) is 6.07 Å². The normalized spacial score (nSPS) is 10.4. The summed E-state index contributed by atoms with van der Waals surface area (Å²) in [4.78, 5) is 21.9. The molecule has 1 N–H and O–H groups in total. The van der Waals surface area contributed by atoms with Crippen LogP contribution in [0.4, 0.5) is 15.8 Å². The number of hydrogen-bond acceptors (Lipinski definition) is 5. The Morgan fingerprint density at radius 3 is 2.36 bits per heavy atom. The predicted octanol–water partition coefficient (Wildman–Crippen LogP) is 4.13. The van der Waals surface area contributed by atoms with Crippen LogP contribution in [-0.4, -0.2) is 17.9 Å². The van der Waals surface area contributed by atoms with E-state index >= 15 is 0 Å². The standard InChI is InChI=1S/C17H17FN2O5/c1-10(2)17(21)19-11-4-6-12(7-5-11)25-15-9-13(24-3)8-14(18)16(15)20(22)23/h4-10H,1-3H3,(H,19,21). The fraction of sp³-hybridized carbons (Fsp3) is 0.235. The van der Waals surface area contributed by atoms with Crippen LogP contribution in [0.3, 0.4) is 0 Å². The summed E-state index contributed by atoms with van der Waals surface area (Å²) < 4.78 is 24.2. The van der Waals surface area contributed by atoms with E-state index in [1.807, 2.05) is 0 Å². The molecular formula is C17H17FN2O5. The second-order valence-corrected chi connectivity index (χ2v) is 5.48. The van der Waals surface area contributed by atoms with Gasteiger partial charge in [-0.2, -0.15) is 4.39 Å². The van der Waals surface area contributed by atoms with Crippen LogP contribution < -0.4 is 14.8 Å². The molecule has 2 aromatic carbocycles. The molecule has 25 heavy (non-hydrogen) atoms. The molecule has 0 aliphatic carbocycles. The van der Waals surface area contributed by atoms with Crippen LogP contribution in [0.2, 0.25) is 0 Å². The monoisotopic (exact) mass is 348 g/mol. The van der Waals surface area contributed by atoms with Crippen LogP contribution in [-0.2, 0) is 4.79 Å². The quantitative estimate of drug-likeness (QED) is 0.626. The summed E-state index contributed by atoms with van der Waals surface area (Å²) in [5.41, 5.74) is -0.227. The van der Waals surface area contributed by atoms with Crippen LogP contribution in [0.25, 0.3) is 0 Å². The highest BCUT2D eigenvalue weighted by Gasteiger charge is 2.24. The highest BCUT2D eigenvalue weighted by Crippen LogP contribution is 2.37. The fourth-order valence-electron chi connectivity index (χ4n) is 1.94. The molecule has 0 radical (unpaired) electrons. The minimum atomic E-state index is -1.06. The summed E-state index contributed by atoms with van der Waals surface area (Å²) in [5.74, 6) is -1.30. The van der Waals surface area contributed by atoms with E-state index in [-0.39, 0.29) is 29.1 Å². The molecule has 2 rings (SSSR count). The van der Waals surface area contributed by atoms with Gasteiger partial charge in [-0.1, -0.05) is 13.8 Å². The lowest BCUT2D eigenvalue weighted by atomic mass is 10.2. The Hall–Kier alpha value is -3.16. The zero-order valence-electron chi connectivity index (χ0n) is 13.9. The number of rotatable bonds is 6. The van der Waals surface area contributed by atoms with Gasteiger partial charge in [0, 0.05) is 23.7 Å². The van der Waals surface area contributed by atoms with E-state index in [4.69, 9.17) is 9.47 Å². The van der Waals surface area contributed by atoms with Gasteiger partial charge >= 0.3 is 5.69 Å². The summed E-state index contributed by atoms with van der Waals surface area (Å²) in [6.07, 6.45) is 0. The number of nitrogens with one attached hydrogen (secondary N) is 1. The van der Waals surface area contributed by atoms with Gasteiger partial charge in [0.05, 0.1) is 12.0 Å². The Bertz CT molecular complexity index is 790. The van der Waals surface area contributed by atoms with Gasteiger partial charge in [-0.05, 0) is 24.3 Å². The van der Waals surface area contributed by atoms with Crippen molar-refractivity contribution in [1.29, 1.82) is 0 Å². The van der Waals surface area contributed by atoms with Gasteiger partial charge in [-0.15, -0.1) is 0 Å². The Morgan fingerprint density at radius 2 is 1.84 bits per heavy atom. The Labute approximate surface area is 143 Å². The van der Waals surface area contributed by atoms with Crippen LogP contribution in [0.1, 0.15) is 13.8 Å². The number of carbonyl (C=O) groups is 1. The van der Waals surface area contributed by atoms with Gasteiger partial charge in [-0.3, -0.25) is 14.9 Å². The van der Waals surface area contributed by atoms with E-state index in [2.05, 4.69) is 5.32 Å². The zero-order chi connectivity index (χ0) is 18.6. The van der Waals surface area contributed by atoms with Crippen molar-refractivity contribution < 1.29 is 23.6 Å². The number of benzene rings is 2. The third-order valence-corrected chi connectivity index (χ3v) is 3.29. The molecule has 0 spiro atoms. The average Bonchev–Trinajstić information content (AvgIpc) is 2.55. The number of ether oxygens (including phenoxy) is 2. The molecule has 132 valence electrons. The van der Waals surface area contributed by atoms with Crippen LogP contribution in [0, 0.1) is 21.8 Å². The molecule has 0 heterocycles. The number of hydrogen-bond donors (Lipinski definition) is 1. The molecule has 0 saturated carbocycles. The van der Waals surface area contributed by atoms with Crippen LogP contribution in [0.15, 0.2) is 36.4 Å². The van der Waals surface area contributed by atoms with Gasteiger partial charge in [0.15, 0.2) is 0 Å². The number of carbonyl (C=O) groups excluding carboxylic acids is 1. The molecule has 1 amide bonds. The van der Waals surface area contributed by atoms with E-state index < -0.39 is 16.4 Å². The maximum Gasteiger partial charge on any atom is 0.347 e. The fourth-order valence-corrected chi connectivity index (χ4v) is 1.94. The Kier molecular flexibility index (Phi) is 5.53. The number of nitro benzene ring substituents is 1. The molecule has 0 atom stereocenters. The molecule has 0 unspecified atom stereocenters. The first-order valence-electron chi connectivity index (χ1n) is 7.42. The summed E-state index contributed by atoms with van der Waals surface area (Å²) in [5, 5.41) is 13.8. The lowest BCUT2D eigenvalue weighted by Crippen LogP contribution is -2.17. The number of amides is 1. The first kappa shape index (κ1) is 18.2. The van der Waals surface area contributed by atoms with Crippen molar-refractivity contribution in [2.45, 2.75) is 13.8 Å². The van der Waals surface area contributed by atoms with Gasteiger partial charge in [-0.25, -0.2) is 0 Å². The summed E-state index contributed by atoms with van der Waals surface area (Å²) in [6, 6.07) is 8.33. The highest BCUT2D eigenvalue weighted by molar-refractivity contribution is 5.92. The summed E-state index contributed by atoms with van der Waals surface area (Å²) in [7, 11) is 1.32. The Balaban J connectivity index is 2.26. The molecule has 7 nitrogen and oxygen atoms in total. The third kappa shape index (κ3) is 4.43. The number of halogens is 1. The second kappa shape index (κ2) is 7.61. The number of nitrogens with zero attached hydrogens (tertiary/aromatic N) is 1. The van der Waals surface area contributed by atoms with Crippen molar-refractivity contribution in [2.75, 3.05) is 12.4 Å². The first-order valence-corrected chi connectivity index (χ1v) is 7.42. The van der Waals surface area contributed by atoms with E-state index in [9.17, 15) is 19.3 Å². The van der Waals surface area contributed by atoms with Gasteiger partial charge in [0.2, 0.25) is 17.5 Å². The maximum absolute atomic E-state index is 13.9. The summed E-state index contributed by atoms with van der Waals surface area (Å²) >= 11 is 0. The smallest absolute Gasteiger partial charge is 0.347 e. The van der Waals surface area contributed by atoms with Crippen molar-refractivity contribution in [3.63, 3.8) is 0 Å². The third-order valence-electron chi connectivity index (χ3n) is 3.29. The van der Waals surface area contributed by atoms with Crippen molar-refractivity contribution in [3.8, 4) is 17.2 Å². The zero-order valence-corrected chi connectivity index (χ0v) is 13.9. The van der Waals surface area contributed by atoms with Crippen LogP contribution in [0.5, 0.6) is 17.2 Å². The molecular weight excluding hydrogens is 331 g/mol. The predicted molar refractivity (Wildman–Crippen MR) is 89.6 cm³/mol. The van der Waals surface area contributed by atoms with Gasteiger partial charge < -0.3 is 14.8 Å². The lowest BCUT2D eigenvalue weighted by molar-refractivity contribution is -0.388. The van der Waals surface area contributed by atoms with E-state index in [1.165, 1.54) is 25.3 Å². The maximum atomic E-state index is 13.9. The first-order chi connectivity index (χ1) is 11.8. The van der Waals surface area contributed by atoms with Crippen molar-refractivity contribution in [2.24, 2.45) is 5.92 Å². The van der Waals surface area contributed by atoms with E-state index in [1.54, 1.807) is 26.0 Å². The molecule has 0 bridgehead atoms. The molecule has 8 heteroatoms. The lowest BCUT2D eigenvalue weighted by Gasteiger charge is -2.10.